The van der Waals surface area contributed by atoms with Crippen LogP contribution in [0.3, 0.4) is 0 Å². The van der Waals surface area contributed by atoms with E-state index in [0.29, 0.717) is 6.42 Å². The van der Waals surface area contributed by atoms with Gasteiger partial charge in [-0.2, -0.15) is 0 Å². The van der Waals surface area contributed by atoms with Gasteiger partial charge in [0.05, 0.1) is 5.60 Å². The molecule has 1 aromatic rings. The first kappa shape index (κ1) is 10.6. The number of pyridine rings is 1. The van der Waals surface area contributed by atoms with Gasteiger partial charge in [0.25, 0.3) is 0 Å². The van der Waals surface area contributed by atoms with Crippen LogP contribution in [0.5, 0.6) is 0 Å². The maximum atomic E-state index is 10.5. The standard InChI is InChI=1S/C13H19NO/c15-13(8-4-1-2-5-9-13)11-12-7-3-6-10-14-12/h3,6-7,10,15H,1-2,4-5,8-9,11H2. The number of rotatable bonds is 2. The van der Waals surface area contributed by atoms with Crippen LogP contribution in [0.4, 0.5) is 0 Å². The van der Waals surface area contributed by atoms with Crippen LogP contribution >= 0.6 is 0 Å². The smallest absolute Gasteiger partial charge is 0.0703 e. The minimum absolute atomic E-state index is 0.495. The molecule has 2 heteroatoms. The summed E-state index contributed by atoms with van der Waals surface area (Å²) < 4.78 is 0. The van der Waals surface area contributed by atoms with Crippen LogP contribution in [-0.2, 0) is 6.42 Å². The Labute approximate surface area is 91.4 Å². The maximum absolute atomic E-state index is 10.5. The van der Waals surface area contributed by atoms with Crippen LogP contribution in [0, 0.1) is 0 Å². The van der Waals surface area contributed by atoms with Crippen LogP contribution in [0.15, 0.2) is 24.4 Å². The molecule has 0 atom stereocenters. The van der Waals surface area contributed by atoms with E-state index in [1.165, 1.54) is 12.8 Å². The second kappa shape index (κ2) is 4.75. The monoisotopic (exact) mass is 205 g/mol. The molecule has 1 aliphatic carbocycles. The summed E-state index contributed by atoms with van der Waals surface area (Å²) in [6.07, 6.45) is 9.23. The van der Waals surface area contributed by atoms with Crippen molar-refractivity contribution in [3.8, 4) is 0 Å². The van der Waals surface area contributed by atoms with Crippen molar-refractivity contribution in [1.82, 2.24) is 4.98 Å². The highest BCUT2D eigenvalue weighted by Gasteiger charge is 2.28. The summed E-state index contributed by atoms with van der Waals surface area (Å²) in [5, 5.41) is 10.5. The molecule has 82 valence electrons. The predicted molar refractivity (Wildman–Crippen MR) is 60.6 cm³/mol. The molecule has 1 aliphatic rings. The lowest BCUT2D eigenvalue weighted by Gasteiger charge is -2.26. The van der Waals surface area contributed by atoms with E-state index < -0.39 is 5.60 Å². The Kier molecular flexibility index (Phi) is 3.37. The molecule has 0 spiro atoms. The third-order valence-corrected chi connectivity index (χ3v) is 3.27. The van der Waals surface area contributed by atoms with Crippen LogP contribution in [0.25, 0.3) is 0 Å². The SMILES string of the molecule is OC1(Cc2ccccn2)CCCCCC1. The number of hydrogen-bond donors (Lipinski definition) is 1. The van der Waals surface area contributed by atoms with Gasteiger partial charge in [0, 0.05) is 18.3 Å². The number of nitrogens with zero attached hydrogens (tertiary/aromatic N) is 1. The summed E-state index contributed by atoms with van der Waals surface area (Å²) in [7, 11) is 0. The molecule has 1 N–H and O–H groups in total. The quantitative estimate of drug-likeness (QED) is 0.753. The second-order valence-corrected chi connectivity index (χ2v) is 4.64. The Morgan fingerprint density at radius 3 is 2.47 bits per heavy atom. The minimum atomic E-state index is -0.495. The number of aromatic nitrogens is 1. The Bertz CT molecular complexity index is 289. The van der Waals surface area contributed by atoms with E-state index in [9.17, 15) is 5.11 Å². The third kappa shape index (κ3) is 3.03. The van der Waals surface area contributed by atoms with Crippen molar-refractivity contribution >= 4 is 0 Å². The molecule has 0 radical (unpaired) electrons. The van der Waals surface area contributed by atoms with Crippen LogP contribution in [-0.4, -0.2) is 15.7 Å². The molecule has 0 aromatic carbocycles. The predicted octanol–water partition coefficient (Wildman–Crippen LogP) is 2.71. The number of aliphatic hydroxyl groups is 1. The Balaban J connectivity index is 2.02. The van der Waals surface area contributed by atoms with E-state index in [-0.39, 0.29) is 0 Å². The van der Waals surface area contributed by atoms with Gasteiger partial charge in [-0.1, -0.05) is 31.7 Å². The molecular weight excluding hydrogens is 186 g/mol. The summed E-state index contributed by atoms with van der Waals surface area (Å²) in [5.41, 5.74) is 0.520. The number of hydrogen-bond acceptors (Lipinski definition) is 2. The molecule has 1 heterocycles. The van der Waals surface area contributed by atoms with Gasteiger partial charge >= 0.3 is 0 Å². The van der Waals surface area contributed by atoms with E-state index in [4.69, 9.17) is 0 Å². The van der Waals surface area contributed by atoms with Crippen molar-refractivity contribution in [2.75, 3.05) is 0 Å². The van der Waals surface area contributed by atoms with Crippen molar-refractivity contribution in [1.29, 1.82) is 0 Å². The fourth-order valence-corrected chi connectivity index (χ4v) is 2.40. The van der Waals surface area contributed by atoms with Crippen LogP contribution in [0.2, 0.25) is 0 Å². The minimum Gasteiger partial charge on any atom is -0.389 e. The topological polar surface area (TPSA) is 33.1 Å². The summed E-state index contributed by atoms with van der Waals surface area (Å²) in [6, 6.07) is 5.91. The Morgan fingerprint density at radius 2 is 1.87 bits per heavy atom. The average molecular weight is 205 g/mol. The van der Waals surface area contributed by atoms with E-state index in [0.717, 1.165) is 31.4 Å². The van der Waals surface area contributed by atoms with Gasteiger partial charge in [-0.3, -0.25) is 4.98 Å². The van der Waals surface area contributed by atoms with Gasteiger partial charge in [-0.25, -0.2) is 0 Å². The third-order valence-electron chi connectivity index (χ3n) is 3.27. The summed E-state index contributed by atoms with van der Waals surface area (Å²) >= 11 is 0. The maximum Gasteiger partial charge on any atom is 0.0703 e. The van der Waals surface area contributed by atoms with Gasteiger partial charge in [0.2, 0.25) is 0 Å². The summed E-state index contributed by atoms with van der Waals surface area (Å²) in [5.74, 6) is 0. The highest BCUT2D eigenvalue weighted by molar-refractivity contribution is 5.07. The Hall–Kier alpha value is -0.890. The molecule has 0 saturated heterocycles. The molecule has 0 unspecified atom stereocenters. The van der Waals surface area contributed by atoms with E-state index >= 15 is 0 Å². The lowest BCUT2D eigenvalue weighted by Crippen LogP contribution is -2.30. The zero-order valence-corrected chi connectivity index (χ0v) is 9.15. The van der Waals surface area contributed by atoms with Gasteiger partial charge in [-0.05, 0) is 25.0 Å². The molecule has 1 aromatic heterocycles. The lowest BCUT2D eigenvalue weighted by molar-refractivity contribution is 0.0243. The summed E-state index contributed by atoms with van der Waals surface area (Å²) in [4.78, 5) is 4.29. The second-order valence-electron chi connectivity index (χ2n) is 4.64. The summed E-state index contributed by atoms with van der Waals surface area (Å²) in [6.45, 7) is 0. The zero-order valence-electron chi connectivity index (χ0n) is 9.15. The largest absolute Gasteiger partial charge is 0.389 e. The first-order valence-electron chi connectivity index (χ1n) is 5.91. The Morgan fingerprint density at radius 1 is 1.13 bits per heavy atom. The zero-order chi connectivity index (χ0) is 10.6. The highest BCUT2D eigenvalue weighted by Crippen LogP contribution is 2.29. The molecule has 1 fully saturated rings. The normalized spacial score (nSPS) is 20.9. The van der Waals surface area contributed by atoms with Crippen molar-refractivity contribution in [3.63, 3.8) is 0 Å². The van der Waals surface area contributed by atoms with Gasteiger partial charge in [0.15, 0.2) is 0 Å². The van der Waals surface area contributed by atoms with Crippen molar-refractivity contribution in [3.05, 3.63) is 30.1 Å². The van der Waals surface area contributed by atoms with Gasteiger partial charge < -0.3 is 5.11 Å². The molecule has 0 amide bonds. The fraction of sp³-hybridized carbons (Fsp3) is 0.615. The fourth-order valence-electron chi connectivity index (χ4n) is 2.40. The molecule has 2 rings (SSSR count). The molecule has 0 aliphatic heterocycles. The lowest BCUT2D eigenvalue weighted by atomic mass is 9.89. The van der Waals surface area contributed by atoms with E-state index in [1.807, 2.05) is 18.2 Å². The molecule has 1 saturated carbocycles. The first-order valence-corrected chi connectivity index (χ1v) is 5.91. The van der Waals surface area contributed by atoms with Crippen LogP contribution in [0.1, 0.15) is 44.2 Å². The highest BCUT2D eigenvalue weighted by atomic mass is 16.3. The van der Waals surface area contributed by atoms with Crippen molar-refractivity contribution in [2.45, 2.75) is 50.5 Å². The molecule has 15 heavy (non-hydrogen) atoms. The van der Waals surface area contributed by atoms with Crippen molar-refractivity contribution < 1.29 is 5.11 Å². The van der Waals surface area contributed by atoms with Crippen LogP contribution < -0.4 is 0 Å². The first-order chi connectivity index (χ1) is 7.29. The molecular formula is C13H19NO. The van der Waals surface area contributed by atoms with Gasteiger partial charge in [0.1, 0.15) is 0 Å². The molecule has 0 bridgehead atoms. The van der Waals surface area contributed by atoms with Crippen molar-refractivity contribution in [2.24, 2.45) is 0 Å². The van der Waals surface area contributed by atoms with Gasteiger partial charge in [-0.15, -0.1) is 0 Å². The van der Waals surface area contributed by atoms with E-state index in [1.54, 1.807) is 6.20 Å². The molecule has 2 nitrogen and oxygen atoms in total. The average Bonchev–Trinajstić information content (AvgIpc) is 2.45. The van der Waals surface area contributed by atoms with E-state index in [2.05, 4.69) is 4.98 Å².